The van der Waals surface area contributed by atoms with E-state index in [9.17, 15) is 9.90 Å². The minimum absolute atomic E-state index is 0.0661. The van der Waals surface area contributed by atoms with E-state index in [2.05, 4.69) is 0 Å². The molecule has 3 N–H and O–H groups in total. The number of benzene rings is 2. The van der Waals surface area contributed by atoms with Crippen molar-refractivity contribution in [2.45, 2.75) is 0 Å². The van der Waals surface area contributed by atoms with Crippen LogP contribution < -0.4 is 10.7 Å². The maximum atomic E-state index is 11.2. The molecule has 0 aliphatic heterocycles. The lowest BCUT2D eigenvalue weighted by atomic mass is 10.1. The molecule has 0 aliphatic rings. The van der Waals surface area contributed by atoms with Gasteiger partial charge in [-0.25, -0.2) is 4.79 Å². The number of fused-ring (bicyclic) bond motifs is 3. The molecule has 16 heavy (non-hydrogen) atoms. The van der Waals surface area contributed by atoms with Crippen molar-refractivity contribution in [2.75, 3.05) is 5.73 Å². The zero-order chi connectivity index (χ0) is 11.3. The Labute approximate surface area is 93.5 Å². The molecule has 3 rings (SSSR count). The Morgan fingerprint density at radius 3 is 3.00 bits per heavy atom. The lowest BCUT2D eigenvalue weighted by Gasteiger charge is -2.03. The zero-order valence-corrected chi connectivity index (χ0v) is 8.88. The molecular formula is C11H7NO3S. The number of rotatable bonds is 0. The first-order valence-electron chi connectivity index (χ1n) is 4.60. The summed E-state index contributed by atoms with van der Waals surface area (Å²) in [6, 6.07) is 6.71. The minimum Gasteiger partial charge on any atom is -0.507 e. The van der Waals surface area contributed by atoms with Crippen LogP contribution in [0.5, 0.6) is 5.75 Å². The van der Waals surface area contributed by atoms with Gasteiger partial charge in [-0.1, -0.05) is 23.5 Å². The maximum Gasteiger partial charge on any atom is 0.396 e. The molecule has 0 atom stereocenters. The second kappa shape index (κ2) is 2.99. The largest absolute Gasteiger partial charge is 0.507 e. The average Bonchev–Trinajstić information content (AvgIpc) is 2.59. The number of aromatic hydroxyl groups is 1. The van der Waals surface area contributed by atoms with Gasteiger partial charge in [0.05, 0.1) is 10.1 Å². The summed E-state index contributed by atoms with van der Waals surface area (Å²) in [7, 11) is 0. The lowest BCUT2D eigenvalue weighted by molar-refractivity contribution is 0.481. The second-order valence-electron chi connectivity index (χ2n) is 3.45. The van der Waals surface area contributed by atoms with Gasteiger partial charge in [-0.3, -0.25) is 0 Å². The van der Waals surface area contributed by atoms with Crippen molar-refractivity contribution < 1.29 is 9.52 Å². The summed E-state index contributed by atoms with van der Waals surface area (Å²) in [6.07, 6.45) is 0. The summed E-state index contributed by atoms with van der Waals surface area (Å²) in [6.45, 7) is 0. The zero-order valence-electron chi connectivity index (χ0n) is 8.06. The molecule has 5 heteroatoms. The Morgan fingerprint density at radius 2 is 2.19 bits per heavy atom. The fourth-order valence-electron chi connectivity index (χ4n) is 1.80. The number of phenolic OH excluding ortho intramolecular Hbond substituents is 1. The Hall–Kier alpha value is -2.01. The molecule has 0 amide bonds. The molecule has 0 radical (unpaired) electrons. The van der Waals surface area contributed by atoms with Gasteiger partial charge in [0.1, 0.15) is 5.75 Å². The van der Waals surface area contributed by atoms with E-state index in [0.717, 1.165) is 11.3 Å². The normalized spacial score (nSPS) is 11.2. The molecule has 0 unspecified atom stereocenters. The van der Waals surface area contributed by atoms with Crippen molar-refractivity contribution >= 4 is 38.1 Å². The van der Waals surface area contributed by atoms with E-state index in [4.69, 9.17) is 10.2 Å². The van der Waals surface area contributed by atoms with Crippen LogP contribution in [0.4, 0.5) is 5.69 Å². The van der Waals surface area contributed by atoms with Crippen molar-refractivity contribution in [1.82, 2.24) is 0 Å². The van der Waals surface area contributed by atoms with E-state index in [1.807, 2.05) is 0 Å². The highest BCUT2D eigenvalue weighted by Gasteiger charge is 2.12. The van der Waals surface area contributed by atoms with Gasteiger partial charge in [-0.2, -0.15) is 0 Å². The third-order valence-corrected chi connectivity index (χ3v) is 3.24. The van der Waals surface area contributed by atoms with Crippen LogP contribution in [-0.4, -0.2) is 5.11 Å². The molecule has 0 fully saturated rings. The number of phenols is 1. The molecule has 3 aromatic rings. The molecule has 1 heterocycles. The molecule has 80 valence electrons. The van der Waals surface area contributed by atoms with E-state index in [1.54, 1.807) is 24.3 Å². The van der Waals surface area contributed by atoms with Gasteiger partial charge in [-0.15, -0.1) is 0 Å². The molecule has 1 aromatic heterocycles. The Bertz CT molecular complexity index is 757. The van der Waals surface area contributed by atoms with E-state index in [-0.39, 0.29) is 5.75 Å². The molecule has 0 bridgehead atoms. The van der Waals surface area contributed by atoms with Gasteiger partial charge in [0, 0.05) is 11.1 Å². The van der Waals surface area contributed by atoms with Crippen LogP contribution in [0.15, 0.2) is 33.5 Å². The van der Waals surface area contributed by atoms with Crippen molar-refractivity contribution in [3.63, 3.8) is 0 Å². The lowest BCUT2D eigenvalue weighted by Crippen LogP contribution is -1.87. The molecular weight excluding hydrogens is 226 g/mol. The number of anilines is 1. The van der Waals surface area contributed by atoms with Crippen molar-refractivity contribution in [3.8, 4) is 5.75 Å². The number of hydrogen-bond acceptors (Lipinski definition) is 5. The fraction of sp³-hybridized carbons (Fsp3) is 0. The second-order valence-corrected chi connectivity index (χ2v) is 4.42. The molecule has 0 aliphatic carbocycles. The minimum atomic E-state index is -0.398. The topological polar surface area (TPSA) is 76.5 Å². The first kappa shape index (κ1) is 9.23. The smallest absolute Gasteiger partial charge is 0.396 e. The molecule has 2 aromatic carbocycles. The SMILES string of the molecule is Nc1cc2sc(=O)oc2c2c(O)cccc12. The van der Waals surface area contributed by atoms with Gasteiger partial charge >= 0.3 is 4.94 Å². The average molecular weight is 233 g/mol. The number of hydrogen-bond donors (Lipinski definition) is 2. The summed E-state index contributed by atoms with van der Waals surface area (Å²) >= 11 is 0.977. The fourth-order valence-corrected chi connectivity index (χ4v) is 2.53. The monoisotopic (exact) mass is 233 g/mol. The molecule has 0 spiro atoms. The summed E-state index contributed by atoms with van der Waals surface area (Å²) in [4.78, 5) is 10.8. The Morgan fingerprint density at radius 1 is 1.38 bits per heavy atom. The highest BCUT2D eigenvalue weighted by atomic mass is 32.1. The highest BCUT2D eigenvalue weighted by Crippen LogP contribution is 2.36. The van der Waals surface area contributed by atoms with Crippen molar-refractivity contribution in [1.29, 1.82) is 0 Å². The maximum absolute atomic E-state index is 11.2. The van der Waals surface area contributed by atoms with E-state index in [0.29, 0.717) is 26.7 Å². The molecule has 0 saturated heterocycles. The van der Waals surface area contributed by atoms with E-state index in [1.165, 1.54) is 0 Å². The predicted molar refractivity (Wildman–Crippen MR) is 63.9 cm³/mol. The van der Waals surface area contributed by atoms with Gasteiger partial charge in [0.15, 0.2) is 5.58 Å². The van der Waals surface area contributed by atoms with Gasteiger partial charge < -0.3 is 15.3 Å². The summed E-state index contributed by atoms with van der Waals surface area (Å²) in [5.41, 5.74) is 6.78. The quantitative estimate of drug-likeness (QED) is 0.584. The summed E-state index contributed by atoms with van der Waals surface area (Å²) in [5.74, 6) is 0.0661. The number of nitrogen functional groups attached to an aromatic ring is 1. The van der Waals surface area contributed by atoms with E-state index >= 15 is 0 Å². The Kier molecular flexibility index (Phi) is 1.73. The Balaban J connectivity index is 2.71. The predicted octanol–water partition coefficient (Wildman–Crippen LogP) is 2.30. The van der Waals surface area contributed by atoms with Crippen LogP contribution >= 0.6 is 11.3 Å². The van der Waals surface area contributed by atoms with Gasteiger partial charge in [0.2, 0.25) is 0 Å². The van der Waals surface area contributed by atoms with Crippen LogP contribution in [0.1, 0.15) is 0 Å². The van der Waals surface area contributed by atoms with Crippen LogP contribution in [0, 0.1) is 0 Å². The molecule has 0 saturated carbocycles. The summed E-state index contributed by atoms with van der Waals surface area (Å²) < 4.78 is 5.71. The third kappa shape index (κ3) is 1.12. The third-order valence-electron chi connectivity index (χ3n) is 2.47. The number of nitrogens with two attached hydrogens (primary N) is 1. The van der Waals surface area contributed by atoms with Crippen LogP contribution in [0.25, 0.3) is 21.1 Å². The van der Waals surface area contributed by atoms with Crippen molar-refractivity contribution in [2.24, 2.45) is 0 Å². The van der Waals surface area contributed by atoms with Crippen molar-refractivity contribution in [3.05, 3.63) is 34.0 Å². The van der Waals surface area contributed by atoms with Gasteiger partial charge in [-0.05, 0) is 12.1 Å². The first-order valence-corrected chi connectivity index (χ1v) is 5.42. The summed E-state index contributed by atoms with van der Waals surface area (Å²) in [5, 5.41) is 11.0. The molecule has 4 nitrogen and oxygen atoms in total. The van der Waals surface area contributed by atoms with Crippen LogP contribution in [0.2, 0.25) is 0 Å². The standard InChI is InChI=1S/C11H7NO3S/c12-6-4-8-10(15-11(14)16-8)9-5(6)2-1-3-7(9)13/h1-4,13H,12H2. The first-order chi connectivity index (χ1) is 7.66. The van der Waals surface area contributed by atoms with E-state index < -0.39 is 4.94 Å². The van der Waals surface area contributed by atoms with Crippen LogP contribution in [0.3, 0.4) is 0 Å². The highest BCUT2D eigenvalue weighted by molar-refractivity contribution is 7.16. The van der Waals surface area contributed by atoms with Gasteiger partial charge in [0.25, 0.3) is 0 Å². The van der Waals surface area contributed by atoms with Crippen LogP contribution in [-0.2, 0) is 0 Å².